The molecule has 0 saturated heterocycles. The quantitative estimate of drug-likeness (QED) is 0.398. The van der Waals surface area contributed by atoms with E-state index in [0.29, 0.717) is 0 Å². The van der Waals surface area contributed by atoms with Gasteiger partial charge < -0.3 is 15.3 Å². The highest BCUT2D eigenvalue weighted by atomic mass is 19.1. The standard InChI is InChI=1S/C12H14FN3O4/c13-9-5-8(2-1-7(9)6-11(18)19)12(20)10(17)3-4-15-16-14/h1-2,5,10,12,17,20H,3-4,6H2,(H,18,19). The molecule has 2 atom stereocenters. The van der Waals surface area contributed by atoms with E-state index in [-0.39, 0.29) is 24.1 Å². The molecule has 108 valence electrons. The number of carboxylic acids is 1. The predicted octanol–water partition coefficient (Wildman–Crippen LogP) is 1.55. The van der Waals surface area contributed by atoms with Crippen molar-refractivity contribution >= 4 is 5.97 Å². The first-order valence-electron chi connectivity index (χ1n) is 5.82. The zero-order valence-corrected chi connectivity index (χ0v) is 10.5. The summed E-state index contributed by atoms with van der Waals surface area (Å²) in [5, 5.41) is 31.3. The van der Waals surface area contributed by atoms with Crippen molar-refractivity contribution in [2.45, 2.75) is 25.0 Å². The molecule has 0 saturated carbocycles. The Labute approximate surface area is 113 Å². The molecule has 1 aromatic carbocycles. The van der Waals surface area contributed by atoms with Gasteiger partial charge in [-0.1, -0.05) is 17.2 Å². The van der Waals surface area contributed by atoms with Crippen LogP contribution in [0.3, 0.4) is 0 Å². The molecule has 0 amide bonds. The Morgan fingerprint density at radius 3 is 2.70 bits per heavy atom. The van der Waals surface area contributed by atoms with E-state index >= 15 is 0 Å². The minimum Gasteiger partial charge on any atom is -0.481 e. The van der Waals surface area contributed by atoms with Crippen molar-refractivity contribution in [1.29, 1.82) is 0 Å². The van der Waals surface area contributed by atoms with Gasteiger partial charge in [0.2, 0.25) is 0 Å². The minimum absolute atomic E-state index is 0.00276. The van der Waals surface area contributed by atoms with Gasteiger partial charge in [0.15, 0.2) is 0 Å². The monoisotopic (exact) mass is 283 g/mol. The maximum absolute atomic E-state index is 13.6. The average Bonchev–Trinajstić information content (AvgIpc) is 2.40. The van der Waals surface area contributed by atoms with Crippen LogP contribution in [0.25, 0.3) is 10.4 Å². The molecule has 1 rings (SSSR count). The van der Waals surface area contributed by atoms with Crippen LogP contribution in [-0.2, 0) is 11.2 Å². The zero-order valence-electron chi connectivity index (χ0n) is 10.5. The first kappa shape index (κ1) is 15.9. The van der Waals surface area contributed by atoms with Gasteiger partial charge in [0.05, 0.1) is 12.5 Å². The van der Waals surface area contributed by atoms with Crippen LogP contribution >= 0.6 is 0 Å². The number of rotatable bonds is 7. The van der Waals surface area contributed by atoms with Crippen molar-refractivity contribution in [1.82, 2.24) is 0 Å². The first-order chi connectivity index (χ1) is 9.45. The van der Waals surface area contributed by atoms with E-state index in [9.17, 15) is 19.4 Å². The molecular weight excluding hydrogens is 269 g/mol. The SMILES string of the molecule is [N-]=[N+]=NCCC(O)C(O)c1ccc(CC(=O)O)c(F)c1. The van der Waals surface area contributed by atoms with Gasteiger partial charge in [-0.3, -0.25) is 4.79 Å². The van der Waals surface area contributed by atoms with Crippen LogP contribution in [0.4, 0.5) is 4.39 Å². The number of azide groups is 1. The number of nitrogens with zero attached hydrogens (tertiary/aromatic N) is 3. The van der Waals surface area contributed by atoms with E-state index < -0.39 is 30.4 Å². The molecule has 0 aliphatic heterocycles. The second kappa shape index (κ2) is 7.44. The molecule has 0 spiro atoms. The third kappa shape index (κ3) is 4.51. The molecule has 2 unspecified atom stereocenters. The second-order valence-electron chi connectivity index (χ2n) is 4.18. The highest BCUT2D eigenvalue weighted by Crippen LogP contribution is 2.21. The fourth-order valence-corrected chi connectivity index (χ4v) is 1.67. The van der Waals surface area contributed by atoms with E-state index in [0.717, 1.165) is 6.07 Å². The smallest absolute Gasteiger partial charge is 0.307 e. The van der Waals surface area contributed by atoms with Crippen molar-refractivity contribution in [3.05, 3.63) is 45.6 Å². The second-order valence-corrected chi connectivity index (χ2v) is 4.18. The highest BCUT2D eigenvalue weighted by Gasteiger charge is 2.19. The van der Waals surface area contributed by atoms with Crippen LogP contribution in [0.5, 0.6) is 0 Å². The summed E-state index contributed by atoms with van der Waals surface area (Å²) in [5.41, 5.74) is 8.22. The molecule has 1 aromatic rings. The van der Waals surface area contributed by atoms with E-state index in [1.807, 2.05) is 0 Å². The van der Waals surface area contributed by atoms with Crippen LogP contribution in [0.1, 0.15) is 23.7 Å². The van der Waals surface area contributed by atoms with Gasteiger partial charge in [-0.15, -0.1) is 0 Å². The van der Waals surface area contributed by atoms with Crippen molar-refractivity contribution < 1.29 is 24.5 Å². The van der Waals surface area contributed by atoms with Gasteiger partial charge in [0.25, 0.3) is 0 Å². The molecule has 3 N–H and O–H groups in total. The fourth-order valence-electron chi connectivity index (χ4n) is 1.67. The van der Waals surface area contributed by atoms with Crippen molar-refractivity contribution in [3.8, 4) is 0 Å². The summed E-state index contributed by atoms with van der Waals surface area (Å²) in [6.45, 7) is 0.00824. The Hall–Kier alpha value is -2.15. The van der Waals surface area contributed by atoms with Crippen LogP contribution < -0.4 is 0 Å². The third-order valence-electron chi connectivity index (χ3n) is 2.71. The summed E-state index contributed by atoms with van der Waals surface area (Å²) in [6.07, 6.45) is -2.96. The summed E-state index contributed by atoms with van der Waals surface area (Å²) in [5.74, 6) is -1.92. The summed E-state index contributed by atoms with van der Waals surface area (Å²) in [7, 11) is 0. The number of benzene rings is 1. The lowest BCUT2D eigenvalue weighted by atomic mass is 9.99. The van der Waals surface area contributed by atoms with Crippen molar-refractivity contribution in [3.63, 3.8) is 0 Å². The lowest BCUT2D eigenvalue weighted by Gasteiger charge is -2.17. The molecular formula is C12H14FN3O4. The van der Waals surface area contributed by atoms with E-state index in [1.54, 1.807) is 0 Å². The summed E-state index contributed by atoms with van der Waals surface area (Å²) >= 11 is 0. The van der Waals surface area contributed by atoms with Crippen LogP contribution in [0, 0.1) is 5.82 Å². The Kier molecular flexibility index (Phi) is 5.92. The molecule has 0 aliphatic rings. The number of aliphatic hydroxyl groups excluding tert-OH is 2. The number of hydrogen-bond donors (Lipinski definition) is 3. The molecule has 0 aliphatic carbocycles. The molecule has 0 aromatic heterocycles. The fraction of sp³-hybridized carbons (Fsp3) is 0.417. The maximum atomic E-state index is 13.6. The highest BCUT2D eigenvalue weighted by molar-refractivity contribution is 5.70. The Bertz CT molecular complexity index is 531. The number of hydrogen-bond acceptors (Lipinski definition) is 4. The van der Waals surface area contributed by atoms with E-state index in [2.05, 4.69) is 10.0 Å². The molecule has 7 nitrogen and oxygen atoms in total. The Morgan fingerprint density at radius 1 is 1.45 bits per heavy atom. The van der Waals surface area contributed by atoms with E-state index in [1.165, 1.54) is 12.1 Å². The normalized spacial score (nSPS) is 13.3. The summed E-state index contributed by atoms with van der Waals surface area (Å²) < 4.78 is 13.6. The van der Waals surface area contributed by atoms with Gasteiger partial charge in [-0.2, -0.15) is 0 Å². The molecule has 20 heavy (non-hydrogen) atoms. The van der Waals surface area contributed by atoms with Crippen molar-refractivity contribution in [2.75, 3.05) is 6.54 Å². The van der Waals surface area contributed by atoms with Gasteiger partial charge in [-0.05, 0) is 29.1 Å². The molecule has 8 heteroatoms. The minimum atomic E-state index is -1.34. The van der Waals surface area contributed by atoms with Crippen LogP contribution in [0.2, 0.25) is 0 Å². The van der Waals surface area contributed by atoms with E-state index in [4.69, 9.17) is 10.6 Å². The topological polar surface area (TPSA) is 127 Å². The number of aliphatic hydroxyl groups is 2. The largest absolute Gasteiger partial charge is 0.481 e. The van der Waals surface area contributed by atoms with Crippen LogP contribution in [-0.4, -0.2) is 33.9 Å². The first-order valence-corrected chi connectivity index (χ1v) is 5.82. The third-order valence-corrected chi connectivity index (χ3v) is 2.71. The average molecular weight is 283 g/mol. The van der Waals surface area contributed by atoms with Gasteiger partial charge in [0, 0.05) is 11.5 Å². The summed E-state index contributed by atoms with van der Waals surface area (Å²) in [4.78, 5) is 13.0. The lowest BCUT2D eigenvalue weighted by Crippen LogP contribution is -2.19. The number of carboxylic acid groups (broad SMARTS) is 1. The van der Waals surface area contributed by atoms with Crippen molar-refractivity contribution in [2.24, 2.45) is 5.11 Å². The molecule has 0 fully saturated rings. The maximum Gasteiger partial charge on any atom is 0.307 e. The summed E-state index contributed by atoms with van der Waals surface area (Å²) in [6, 6.07) is 3.59. The molecule has 0 radical (unpaired) electrons. The molecule has 0 bridgehead atoms. The van der Waals surface area contributed by atoms with Gasteiger partial charge in [-0.25, -0.2) is 4.39 Å². The Balaban J connectivity index is 2.78. The number of aliphatic carboxylic acids is 1. The zero-order chi connectivity index (χ0) is 15.1. The Morgan fingerprint density at radius 2 is 2.15 bits per heavy atom. The van der Waals surface area contributed by atoms with Gasteiger partial charge >= 0.3 is 5.97 Å². The van der Waals surface area contributed by atoms with Gasteiger partial charge in [0.1, 0.15) is 11.9 Å². The van der Waals surface area contributed by atoms with Crippen LogP contribution in [0.15, 0.2) is 23.3 Å². The predicted molar refractivity (Wildman–Crippen MR) is 67.3 cm³/mol. The molecule has 0 heterocycles. The number of halogens is 1. The lowest BCUT2D eigenvalue weighted by molar-refractivity contribution is -0.136. The number of carbonyl (C=O) groups is 1.